The van der Waals surface area contributed by atoms with Crippen molar-refractivity contribution >= 4 is 45.2 Å². The summed E-state index contributed by atoms with van der Waals surface area (Å²) >= 11 is 2.64. The van der Waals surface area contributed by atoms with E-state index in [9.17, 15) is 13.6 Å². The van der Waals surface area contributed by atoms with Crippen LogP contribution < -0.4 is 5.32 Å². The van der Waals surface area contributed by atoms with E-state index in [4.69, 9.17) is 4.52 Å². The van der Waals surface area contributed by atoms with E-state index in [0.29, 0.717) is 26.3 Å². The number of aryl methyl sites for hydroxylation is 1. The first-order chi connectivity index (χ1) is 16.5. The number of rotatable bonds is 6. The van der Waals surface area contributed by atoms with Gasteiger partial charge in [-0.2, -0.15) is 0 Å². The minimum atomic E-state index is -0.470. The van der Waals surface area contributed by atoms with Crippen LogP contribution in [0.1, 0.15) is 21.6 Å². The van der Waals surface area contributed by atoms with Gasteiger partial charge in [0, 0.05) is 11.3 Å². The molecule has 0 aliphatic heterocycles. The highest BCUT2D eigenvalue weighted by Gasteiger charge is 2.21. The Morgan fingerprint density at radius 1 is 1.12 bits per heavy atom. The summed E-state index contributed by atoms with van der Waals surface area (Å²) in [7, 11) is 0. The molecule has 0 unspecified atom stereocenters. The van der Waals surface area contributed by atoms with Crippen molar-refractivity contribution in [3.05, 3.63) is 83.1 Å². The summed E-state index contributed by atoms with van der Waals surface area (Å²) in [5.74, 6) is -0.646. The van der Waals surface area contributed by atoms with E-state index in [1.54, 1.807) is 37.3 Å². The molecule has 0 atom stereocenters. The van der Waals surface area contributed by atoms with Crippen molar-refractivity contribution in [2.75, 3.05) is 5.32 Å². The Hall–Kier alpha value is -3.70. The number of carbonyl (C=O) groups excluding carboxylic acids is 1. The normalized spacial score (nSPS) is 11.1. The molecular formula is C23H15F2N5O2S2. The molecule has 0 aliphatic rings. The van der Waals surface area contributed by atoms with Crippen LogP contribution in [0.15, 0.2) is 63.5 Å². The van der Waals surface area contributed by atoms with Crippen molar-refractivity contribution in [2.24, 2.45) is 0 Å². The zero-order valence-electron chi connectivity index (χ0n) is 17.6. The van der Waals surface area contributed by atoms with Gasteiger partial charge in [0.2, 0.25) is 5.13 Å². The lowest BCUT2D eigenvalue weighted by molar-refractivity contribution is 0.102. The summed E-state index contributed by atoms with van der Waals surface area (Å²) in [4.78, 5) is 17.5. The third-order valence-electron chi connectivity index (χ3n) is 4.91. The highest BCUT2D eigenvalue weighted by molar-refractivity contribution is 8.00. The lowest BCUT2D eigenvalue weighted by atomic mass is 10.0. The molecule has 2 aromatic carbocycles. The summed E-state index contributed by atoms with van der Waals surface area (Å²) in [6.07, 6.45) is 0. The SMILES string of the molecule is Cc1noc2nc(-c3ccccc3F)cc(C(=O)Nc3nnc(SCc4ccc(F)cc4)s3)c12. The molecule has 0 bridgehead atoms. The number of hydrogen-bond donors (Lipinski definition) is 1. The highest BCUT2D eigenvalue weighted by atomic mass is 32.2. The van der Waals surface area contributed by atoms with E-state index in [-0.39, 0.29) is 28.4 Å². The van der Waals surface area contributed by atoms with Gasteiger partial charge in [0.15, 0.2) is 4.34 Å². The summed E-state index contributed by atoms with van der Waals surface area (Å²) in [5, 5.41) is 15.5. The molecule has 5 rings (SSSR count). The Morgan fingerprint density at radius 2 is 1.91 bits per heavy atom. The maximum absolute atomic E-state index is 14.4. The fourth-order valence-corrected chi connectivity index (χ4v) is 4.99. The van der Waals surface area contributed by atoms with Crippen LogP contribution in [0.25, 0.3) is 22.4 Å². The van der Waals surface area contributed by atoms with Gasteiger partial charge in [-0.15, -0.1) is 10.2 Å². The second kappa shape index (κ2) is 9.27. The molecular weight excluding hydrogens is 480 g/mol. The van der Waals surface area contributed by atoms with Gasteiger partial charge in [0.05, 0.1) is 22.3 Å². The van der Waals surface area contributed by atoms with Gasteiger partial charge in [-0.3, -0.25) is 10.1 Å². The van der Waals surface area contributed by atoms with Crippen molar-refractivity contribution in [1.29, 1.82) is 0 Å². The third kappa shape index (κ3) is 4.52. The predicted molar refractivity (Wildman–Crippen MR) is 126 cm³/mol. The van der Waals surface area contributed by atoms with Crippen LogP contribution in [0, 0.1) is 18.6 Å². The summed E-state index contributed by atoms with van der Waals surface area (Å²) < 4.78 is 33.3. The average Bonchev–Trinajstić information content (AvgIpc) is 3.44. The first-order valence-electron chi connectivity index (χ1n) is 10.0. The molecule has 1 N–H and O–H groups in total. The standard InChI is InChI=1S/C23H15F2N5O2S2/c1-12-19-16(10-18(26-21(19)32-30-12)15-4-2-3-5-17(15)25)20(31)27-22-28-29-23(34-22)33-11-13-6-8-14(24)9-7-13/h2-10H,11H2,1H3,(H,27,28,31). The Labute approximate surface area is 200 Å². The molecule has 5 aromatic rings. The van der Waals surface area contributed by atoms with Gasteiger partial charge in [-0.1, -0.05) is 52.5 Å². The van der Waals surface area contributed by atoms with Crippen LogP contribution in [0.2, 0.25) is 0 Å². The molecule has 7 nitrogen and oxygen atoms in total. The molecule has 0 radical (unpaired) electrons. The maximum Gasteiger partial charge on any atom is 0.259 e. The number of anilines is 1. The van der Waals surface area contributed by atoms with Crippen LogP contribution in [0.4, 0.5) is 13.9 Å². The number of halogens is 2. The highest BCUT2D eigenvalue weighted by Crippen LogP contribution is 2.31. The fraction of sp³-hybridized carbons (Fsp3) is 0.0870. The molecule has 0 saturated heterocycles. The van der Waals surface area contributed by atoms with Gasteiger partial charge in [0.1, 0.15) is 11.6 Å². The van der Waals surface area contributed by atoms with E-state index in [0.717, 1.165) is 5.56 Å². The molecule has 0 aliphatic carbocycles. The van der Waals surface area contributed by atoms with Crippen molar-refractivity contribution in [1.82, 2.24) is 20.3 Å². The second-order valence-electron chi connectivity index (χ2n) is 7.23. The van der Waals surface area contributed by atoms with Crippen molar-refractivity contribution in [3.8, 4) is 11.3 Å². The second-order valence-corrected chi connectivity index (χ2v) is 9.43. The number of amides is 1. The quantitative estimate of drug-likeness (QED) is 0.232. The number of aromatic nitrogens is 4. The molecule has 3 heterocycles. The molecule has 1 amide bonds. The van der Waals surface area contributed by atoms with Crippen LogP contribution in [0.3, 0.4) is 0 Å². The molecule has 0 spiro atoms. The zero-order valence-corrected chi connectivity index (χ0v) is 19.2. The molecule has 170 valence electrons. The average molecular weight is 496 g/mol. The van der Waals surface area contributed by atoms with E-state index in [1.165, 1.54) is 47.4 Å². The topological polar surface area (TPSA) is 93.8 Å². The minimum absolute atomic E-state index is 0.135. The fourth-order valence-electron chi connectivity index (χ4n) is 3.29. The number of carbonyl (C=O) groups is 1. The first-order valence-corrected chi connectivity index (χ1v) is 11.8. The van der Waals surface area contributed by atoms with Crippen LogP contribution in [0.5, 0.6) is 0 Å². The number of fused-ring (bicyclic) bond motifs is 1. The number of nitrogens with zero attached hydrogens (tertiary/aromatic N) is 4. The molecule has 0 fully saturated rings. The first kappa shape index (κ1) is 22.1. The van der Waals surface area contributed by atoms with Crippen LogP contribution >= 0.6 is 23.1 Å². The van der Waals surface area contributed by atoms with Gasteiger partial charge in [-0.05, 0) is 42.8 Å². The maximum atomic E-state index is 14.4. The van der Waals surface area contributed by atoms with Gasteiger partial charge >= 0.3 is 0 Å². The Balaban J connectivity index is 1.39. The Kier molecular flexibility index (Phi) is 6.03. The van der Waals surface area contributed by atoms with Gasteiger partial charge in [0.25, 0.3) is 11.6 Å². The Bertz CT molecular complexity index is 1500. The third-order valence-corrected chi connectivity index (χ3v) is 6.96. The lowest BCUT2D eigenvalue weighted by Crippen LogP contribution is -2.13. The summed E-state index contributed by atoms with van der Waals surface area (Å²) in [5.41, 5.74) is 2.28. The van der Waals surface area contributed by atoms with Crippen LogP contribution in [-0.2, 0) is 5.75 Å². The molecule has 11 heteroatoms. The molecule has 0 saturated carbocycles. The van der Waals surface area contributed by atoms with Crippen molar-refractivity contribution in [2.45, 2.75) is 17.0 Å². The summed E-state index contributed by atoms with van der Waals surface area (Å²) in [6.45, 7) is 1.70. The Morgan fingerprint density at radius 3 is 2.71 bits per heavy atom. The number of nitrogens with one attached hydrogen (secondary N) is 1. The summed E-state index contributed by atoms with van der Waals surface area (Å²) in [6, 6.07) is 13.9. The monoisotopic (exact) mass is 495 g/mol. The number of pyridine rings is 1. The molecule has 3 aromatic heterocycles. The van der Waals surface area contributed by atoms with E-state index in [1.807, 2.05) is 0 Å². The van der Waals surface area contributed by atoms with Crippen LogP contribution in [-0.4, -0.2) is 26.2 Å². The number of thioether (sulfide) groups is 1. The van der Waals surface area contributed by atoms with E-state index in [2.05, 4.69) is 25.7 Å². The predicted octanol–water partition coefficient (Wildman–Crippen LogP) is 5.87. The smallest absolute Gasteiger partial charge is 0.259 e. The van der Waals surface area contributed by atoms with Crippen molar-refractivity contribution in [3.63, 3.8) is 0 Å². The molecule has 34 heavy (non-hydrogen) atoms. The van der Waals surface area contributed by atoms with Gasteiger partial charge < -0.3 is 4.52 Å². The lowest BCUT2D eigenvalue weighted by Gasteiger charge is -2.07. The number of hydrogen-bond acceptors (Lipinski definition) is 8. The zero-order chi connectivity index (χ0) is 23.7. The van der Waals surface area contributed by atoms with E-state index >= 15 is 0 Å². The van der Waals surface area contributed by atoms with Crippen molar-refractivity contribution < 1.29 is 18.1 Å². The van der Waals surface area contributed by atoms with Gasteiger partial charge in [-0.25, -0.2) is 13.8 Å². The van der Waals surface area contributed by atoms with E-state index < -0.39 is 11.7 Å². The number of benzene rings is 2. The largest absolute Gasteiger partial charge is 0.335 e. The minimum Gasteiger partial charge on any atom is -0.335 e.